The molecule has 0 unspecified atom stereocenters. The van der Waals surface area contributed by atoms with E-state index in [2.05, 4.69) is 32.2 Å². The van der Waals surface area contributed by atoms with Crippen LogP contribution in [0, 0.1) is 0 Å². The molecule has 0 saturated carbocycles. The van der Waals surface area contributed by atoms with Gasteiger partial charge in [-0.25, -0.2) is 42.6 Å². The van der Waals surface area contributed by atoms with Gasteiger partial charge in [0, 0.05) is 24.2 Å². The van der Waals surface area contributed by atoms with Crippen LogP contribution in [0.2, 0.25) is 0 Å². The molecule has 3 heterocycles. The van der Waals surface area contributed by atoms with Gasteiger partial charge in [0.2, 0.25) is 10.0 Å². The number of hydrogen-bond acceptors (Lipinski definition) is 13. The van der Waals surface area contributed by atoms with E-state index >= 15 is 0 Å². The summed E-state index contributed by atoms with van der Waals surface area (Å²) in [5.74, 6) is -1.18. The number of sulfone groups is 1. The number of fused-ring (bicyclic) bond motifs is 1. The molecule has 0 radical (unpaired) electrons. The third-order valence-corrected chi connectivity index (χ3v) is 10.0. The van der Waals surface area contributed by atoms with E-state index in [0.717, 1.165) is 11.3 Å². The van der Waals surface area contributed by atoms with E-state index in [-0.39, 0.29) is 45.1 Å². The van der Waals surface area contributed by atoms with Gasteiger partial charge >= 0.3 is 5.97 Å². The van der Waals surface area contributed by atoms with Gasteiger partial charge in [-0.05, 0) is 17.7 Å². The Labute approximate surface area is 203 Å². The van der Waals surface area contributed by atoms with Crippen LogP contribution in [0.1, 0.15) is 22.1 Å². The topological polar surface area (TPSA) is 231 Å². The lowest BCUT2D eigenvalue weighted by molar-refractivity contribution is 0.0699. The molecule has 2 saturated heterocycles. The minimum atomic E-state index is -4.57. The van der Waals surface area contributed by atoms with Crippen molar-refractivity contribution in [3.05, 3.63) is 35.4 Å². The first-order valence-electron chi connectivity index (χ1n) is 10.1. The fourth-order valence-electron chi connectivity index (χ4n) is 4.09. The molecule has 186 valence electrons. The van der Waals surface area contributed by atoms with Crippen molar-refractivity contribution >= 4 is 52.5 Å². The van der Waals surface area contributed by atoms with E-state index in [0.29, 0.717) is 5.56 Å². The molecule has 3 aromatic rings. The number of sulfonamides is 1. The molecular formula is C18H20N8O6S3. The highest BCUT2D eigenvalue weighted by atomic mass is 32.2. The molecule has 10 N–H and O–H groups in total. The van der Waals surface area contributed by atoms with Crippen molar-refractivity contribution in [3.63, 3.8) is 0 Å². The normalized spacial score (nSPS) is 17.6. The number of nitrogen functional groups attached to an aromatic ring is 1. The predicted molar refractivity (Wildman–Crippen MR) is 127 cm³/mol. The zero-order valence-electron chi connectivity index (χ0n) is 17.7. The molecule has 0 atom stereocenters. The number of carbonyl (C=O) groups is 1. The average Bonchev–Trinajstić information content (AvgIpc) is 3.38. The smallest absolute Gasteiger partial charge is 0.337 e. The highest BCUT2D eigenvalue weighted by molar-refractivity contribution is 7.94. The van der Waals surface area contributed by atoms with Crippen LogP contribution in [0.15, 0.2) is 34.1 Å². The van der Waals surface area contributed by atoms with Crippen molar-refractivity contribution in [1.82, 2.24) is 32.2 Å². The Morgan fingerprint density at radius 1 is 1.06 bits per heavy atom. The van der Waals surface area contributed by atoms with Crippen LogP contribution in [-0.2, 0) is 19.9 Å². The van der Waals surface area contributed by atoms with E-state index in [1.807, 2.05) is 0 Å². The highest BCUT2D eigenvalue weighted by Crippen LogP contribution is 2.42. The van der Waals surface area contributed by atoms with Crippen LogP contribution in [0.4, 0.5) is 5.13 Å². The summed E-state index contributed by atoms with van der Waals surface area (Å²) in [6.45, 7) is 0.365. The van der Waals surface area contributed by atoms with Gasteiger partial charge in [-0.15, -0.1) is 0 Å². The summed E-state index contributed by atoms with van der Waals surface area (Å²) in [6.07, 6.45) is -0.946. The number of anilines is 1. The second-order valence-electron chi connectivity index (χ2n) is 7.89. The molecule has 0 bridgehead atoms. The number of rotatable bonds is 6. The summed E-state index contributed by atoms with van der Waals surface area (Å²) < 4.78 is 52.7. The SMILES string of the molecule is Nc1nc2c(-c3ccc(S(=O)(=O)C4CNC4)c(S(N)(=O)=O)c3C3NNNN3)ccc(C(=O)O)c2s1. The van der Waals surface area contributed by atoms with Crippen molar-refractivity contribution in [3.8, 4) is 11.1 Å². The average molecular weight is 541 g/mol. The Kier molecular flexibility index (Phi) is 5.78. The van der Waals surface area contributed by atoms with Crippen molar-refractivity contribution in [2.45, 2.75) is 21.2 Å². The molecule has 2 aromatic carbocycles. The van der Waals surface area contributed by atoms with Gasteiger partial charge in [0.1, 0.15) is 11.1 Å². The van der Waals surface area contributed by atoms with E-state index in [9.17, 15) is 26.7 Å². The summed E-state index contributed by atoms with van der Waals surface area (Å²) in [5.41, 5.74) is 17.4. The Balaban J connectivity index is 1.87. The molecule has 2 fully saturated rings. The number of carboxylic acid groups (broad SMARTS) is 1. The van der Waals surface area contributed by atoms with Crippen LogP contribution < -0.4 is 38.1 Å². The maximum absolute atomic E-state index is 13.3. The first kappa shape index (κ1) is 24.0. The van der Waals surface area contributed by atoms with Gasteiger partial charge in [0.05, 0.1) is 25.9 Å². The maximum Gasteiger partial charge on any atom is 0.337 e. The zero-order valence-corrected chi connectivity index (χ0v) is 20.1. The van der Waals surface area contributed by atoms with Crippen molar-refractivity contribution < 1.29 is 26.7 Å². The lowest BCUT2D eigenvalue weighted by atomic mass is 9.96. The molecule has 2 aliphatic heterocycles. The minimum Gasteiger partial charge on any atom is -0.478 e. The molecule has 1 aromatic heterocycles. The van der Waals surface area contributed by atoms with Crippen molar-refractivity contribution in [2.24, 2.45) is 5.14 Å². The molecule has 0 spiro atoms. The fourth-order valence-corrected chi connectivity index (χ4v) is 8.19. The minimum absolute atomic E-state index is 0.00861. The third kappa shape index (κ3) is 3.96. The number of nitrogens with one attached hydrogen (secondary N) is 5. The van der Waals surface area contributed by atoms with Crippen LogP contribution >= 0.6 is 11.3 Å². The lowest BCUT2D eigenvalue weighted by Gasteiger charge is -2.29. The molecule has 14 nitrogen and oxygen atoms in total. The molecule has 0 aliphatic carbocycles. The fraction of sp³-hybridized carbons (Fsp3) is 0.222. The summed E-state index contributed by atoms with van der Waals surface area (Å²) in [5, 5.41) is 17.3. The molecular weight excluding hydrogens is 520 g/mol. The number of hydrazine groups is 3. The quantitative estimate of drug-likeness (QED) is 0.183. The van der Waals surface area contributed by atoms with E-state index in [1.165, 1.54) is 24.3 Å². The van der Waals surface area contributed by atoms with Crippen LogP contribution in [0.3, 0.4) is 0 Å². The predicted octanol–water partition coefficient (Wildman–Crippen LogP) is -1.25. The highest BCUT2D eigenvalue weighted by Gasteiger charge is 2.39. The van der Waals surface area contributed by atoms with E-state index < -0.39 is 47.0 Å². The number of thiazole rings is 1. The summed E-state index contributed by atoms with van der Waals surface area (Å²) >= 11 is 0.970. The van der Waals surface area contributed by atoms with Gasteiger partial charge in [-0.1, -0.05) is 23.5 Å². The Morgan fingerprint density at radius 3 is 2.29 bits per heavy atom. The van der Waals surface area contributed by atoms with Gasteiger partial charge in [0.15, 0.2) is 15.0 Å². The number of hydrogen-bond donors (Lipinski definition) is 8. The van der Waals surface area contributed by atoms with Crippen LogP contribution in [0.25, 0.3) is 21.3 Å². The second kappa shape index (κ2) is 8.43. The first-order chi connectivity index (χ1) is 16.5. The second-order valence-corrected chi connectivity index (χ2v) is 12.6. The number of primary sulfonamides is 1. The van der Waals surface area contributed by atoms with Crippen molar-refractivity contribution in [1.29, 1.82) is 0 Å². The lowest BCUT2D eigenvalue weighted by Crippen LogP contribution is -2.51. The van der Waals surface area contributed by atoms with Crippen LogP contribution in [0.5, 0.6) is 0 Å². The number of benzene rings is 2. The van der Waals surface area contributed by atoms with Gasteiger partial charge in [-0.3, -0.25) is 0 Å². The Morgan fingerprint density at radius 2 is 1.71 bits per heavy atom. The number of aromatic carboxylic acids is 1. The number of nitrogens with two attached hydrogens (primary N) is 2. The first-order valence-corrected chi connectivity index (χ1v) is 14.0. The number of aromatic nitrogens is 1. The standard InChI is InChI=1S/C18H20N8O6S3/c19-18-22-13-9(1-2-10(17(27)28)14(13)33-18)8-3-4-11(34(29,30)7-5-21-6-7)15(35(20,31)32)12(8)16-23-25-26-24-16/h1-4,7,16,21,23-26H,5-6H2,(H2,19,22)(H,27,28)(H2,20,31,32). The molecule has 35 heavy (non-hydrogen) atoms. The molecule has 0 amide bonds. The Hall–Kier alpha value is -2.74. The van der Waals surface area contributed by atoms with Gasteiger partial charge in [0.25, 0.3) is 0 Å². The molecule has 17 heteroatoms. The molecule has 2 aliphatic rings. The van der Waals surface area contributed by atoms with Crippen LogP contribution in [-0.4, -0.2) is 51.2 Å². The summed E-state index contributed by atoms with van der Waals surface area (Å²) in [7, 11) is -8.63. The van der Waals surface area contributed by atoms with Gasteiger partial charge < -0.3 is 16.2 Å². The van der Waals surface area contributed by atoms with Crippen molar-refractivity contribution in [2.75, 3.05) is 18.8 Å². The number of nitrogens with zero attached hydrogens (tertiary/aromatic N) is 1. The van der Waals surface area contributed by atoms with E-state index in [1.54, 1.807) is 0 Å². The zero-order chi connectivity index (χ0) is 25.1. The monoisotopic (exact) mass is 540 g/mol. The Bertz CT molecular complexity index is 1580. The van der Waals surface area contributed by atoms with E-state index in [4.69, 9.17) is 10.9 Å². The largest absolute Gasteiger partial charge is 0.478 e. The third-order valence-electron chi connectivity index (χ3n) is 5.80. The summed E-state index contributed by atoms with van der Waals surface area (Å²) in [6, 6.07) is 5.48. The summed E-state index contributed by atoms with van der Waals surface area (Å²) in [4.78, 5) is 15.0. The molecule has 5 rings (SSSR count). The van der Waals surface area contributed by atoms with Gasteiger partial charge in [-0.2, -0.15) is 11.1 Å². The maximum atomic E-state index is 13.3. The number of carboxylic acids is 1.